The SMILES string of the molecule is CCN1C(=O)/C(=C\c2cc(Br)c(OC)cc2OC)SC1=Nc1ccc(F)cc1. The molecule has 5 nitrogen and oxygen atoms in total. The number of benzene rings is 2. The number of halogens is 2. The van der Waals surface area contributed by atoms with Gasteiger partial charge in [0.15, 0.2) is 5.17 Å². The number of rotatable bonds is 5. The van der Waals surface area contributed by atoms with E-state index >= 15 is 0 Å². The zero-order valence-corrected chi connectivity index (χ0v) is 17.9. The highest BCUT2D eigenvalue weighted by Gasteiger charge is 2.32. The second-order valence-electron chi connectivity index (χ2n) is 5.76. The van der Waals surface area contributed by atoms with Gasteiger partial charge in [0.05, 0.1) is 29.3 Å². The van der Waals surface area contributed by atoms with E-state index in [2.05, 4.69) is 20.9 Å². The van der Waals surface area contributed by atoms with Gasteiger partial charge in [-0.3, -0.25) is 9.69 Å². The van der Waals surface area contributed by atoms with Crippen molar-refractivity contribution in [3.8, 4) is 11.5 Å². The van der Waals surface area contributed by atoms with Gasteiger partial charge >= 0.3 is 0 Å². The van der Waals surface area contributed by atoms with Crippen LogP contribution in [-0.2, 0) is 4.79 Å². The van der Waals surface area contributed by atoms with E-state index in [1.807, 2.05) is 13.0 Å². The minimum Gasteiger partial charge on any atom is -0.496 e. The molecular weight excluding hydrogens is 447 g/mol. The number of thioether (sulfide) groups is 1. The first-order chi connectivity index (χ1) is 13.5. The van der Waals surface area contributed by atoms with Gasteiger partial charge in [0, 0.05) is 18.2 Å². The Labute approximate surface area is 175 Å². The fourth-order valence-corrected chi connectivity index (χ4v) is 4.21. The van der Waals surface area contributed by atoms with Crippen molar-refractivity contribution in [2.45, 2.75) is 6.92 Å². The van der Waals surface area contributed by atoms with E-state index in [0.717, 1.165) is 10.0 Å². The Morgan fingerprint density at radius 3 is 2.46 bits per heavy atom. The van der Waals surface area contributed by atoms with Gasteiger partial charge in [-0.2, -0.15) is 0 Å². The molecule has 28 heavy (non-hydrogen) atoms. The Morgan fingerprint density at radius 1 is 1.18 bits per heavy atom. The van der Waals surface area contributed by atoms with Crippen molar-refractivity contribution in [2.24, 2.45) is 4.99 Å². The third kappa shape index (κ3) is 4.23. The van der Waals surface area contributed by atoms with Gasteiger partial charge in [0.25, 0.3) is 5.91 Å². The maximum Gasteiger partial charge on any atom is 0.266 e. The molecule has 0 N–H and O–H groups in total. The lowest BCUT2D eigenvalue weighted by Gasteiger charge is -2.12. The van der Waals surface area contributed by atoms with Crippen LogP contribution >= 0.6 is 27.7 Å². The monoisotopic (exact) mass is 464 g/mol. The van der Waals surface area contributed by atoms with Crippen molar-refractivity contribution in [2.75, 3.05) is 20.8 Å². The maximum atomic E-state index is 13.1. The fraction of sp³-hybridized carbons (Fsp3) is 0.200. The largest absolute Gasteiger partial charge is 0.496 e. The van der Waals surface area contributed by atoms with Crippen molar-refractivity contribution in [1.29, 1.82) is 0 Å². The zero-order valence-electron chi connectivity index (χ0n) is 15.5. The Bertz CT molecular complexity index is 961. The molecule has 0 atom stereocenters. The summed E-state index contributed by atoms with van der Waals surface area (Å²) < 4.78 is 24.6. The van der Waals surface area contributed by atoms with Crippen LogP contribution < -0.4 is 9.47 Å². The van der Waals surface area contributed by atoms with E-state index in [9.17, 15) is 9.18 Å². The Kier molecular flexibility index (Phi) is 6.41. The smallest absolute Gasteiger partial charge is 0.266 e. The summed E-state index contributed by atoms with van der Waals surface area (Å²) in [5, 5.41) is 0.553. The quantitative estimate of drug-likeness (QED) is 0.568. The summed E-state index contributed by atoms with van der Waals surface area (Å²) in [5.41, 5.74) is 1.33. The number of aliphatic imine (C=N–C) groups is 1. The molecule has 1 heterocycles. The second kappa shape index (κ2) is 8.79. The predicted molar refractivity (Wildman–Crippen MR) is 114 cm³/mol. The highest BCUT2D eigenvalue weighted by molar-refractivity contribution is 9.10. The summed E-state index contributed by atoms with van der Waals surface area (Å²) in [4.78, 5) is 19.4. The number of methoxy groups -OCH3 is 2. The molecule has 8 heteroatoms. The van der Waals surface area contributed by atoms with Crippen LogP contribution in [0, 0.1) is 5.82 Å². The number of amidine groups is 1. The molecule has 0 spiro atoms. The maximum absolute atomic E-state index is 13.1. The van der Waals surface area contributed by atoms with Crippen LogP contribution in [0.4, 0.5) is 10.1 Å². The first-order valence-electron chi connectivity index (χ1n) is 8.44. The molecule has 0 bridgehead atoms. The van der Waals surface area contributed by atoms with Crippen molar-refractivity contribution in [1.82, 2.24) is 4.90 Å². The highest BCUT2D eigenvalue weighted by Crippen LogP contribution is 2.38. The van der Waals surface area contributed by atoms with Gasteiger partial charge in [0.1, 0.15) is 17.3 Å². The first kappa shape index (κ1) is 20.4. The molecule has 1 aliphatic rings. The third-order valence-corrected chi connectivity index (χ3v) is 5.67. The molecule has 2 aromatic rings. The van der Waals surface area contributed by atoms with Gasteiger partial charge < -0.3 is 9.47 Å². The Balaban J connectivity index is 1.98. The second-order valence-corrected chi connectivity index (χ2v) is 7.62. The molecular formula is C20H18BrFN2O3S. The molecule has 1 aliphatic heterocycles. The number of ether oxygens (including phenoxy) is 2. The fourth-order valence-electron chi connectivity index (χ4n) is 2.63. The van der Waals surface area contributed by atoms with E-state index in [1.165, 1.54) is 23.9 Å². The number of amides is 1. The molecule has 2 aromatic carbocycles. The van der Waals surface area contributed by atoms with E-state index in [-0.39, 0.29) is 11.7 Å². The van der Waals surface area contributed by atoms with Crippen molar-refractivity contribution < 1.29 is 18.7 Å². The van der Waals surface area contributed by atoms with Crippen LogP contribution in [0.1, 0.15) is 12.5 Å². The highest BCUT2D eigenvalue weighted by atomic mass is 79.9. The van der Waals surface area contributed by atoms with E-state index < -0.39 is 0 Å². The number of carbonyl (C=O) groups is 1. The number of hydrogen-bond acceptors (Lipinski definition) is 5. The van der Waals surface area contributed by atoms with Gasteiger partial charge in [-0.05, 0) is 71.0 Å². The van der Waals surface area contributed by atoms with E-state index in [4.69, 9.17) is 9.47 Å². The average molecular weight is 465 g/mol. The lowest BCUT2D eigenvalue weighted by molar-refractivity contribution is -0.122. The average Bonchev–Trinajstić information content (AvgIpc) is 2.98. The van der Waals surface area contributed by atoms with Gasteiger partial charge in [0.2, 0.25) is 0 Å². The topological polar surface area (TPSA) is 51.1 Å². The lowest BCUT2D eigenvalue weighted by atomic mass is 10.1. The molecule has 0 aromatic heterocycles. The van der Waals surface area contributed by atoms with Crippen molar-refractivity contribution >= 4 is 50.5 Å². The van der Waals surface area contributed by atoms with Gasteiger partial charge in [-0.25, -0.2) is 9.38 Å². The summed E-state index contributed by atoms with van der Waals surface area (Å²) >= 11 is 4.73. The van der Waals surface area contributed by atoms with Crippen LogP contribution in [0.2, 0.25) is 0 Å². The van der Waals surface area contributed by atoms with E-state index in [1.54, 1.807) is 43.4 Å². The predicted octanol–water partition coefficient (Wildman–Crippen LogP) is 5.23. The summed E-state index contributed by atoms with van der Waals surface area (Å²) in [6, 6.07) is 9.43. The number of hydrogen-bond donors (Lipinski definition) is 0. The summed E-state index contributed by atoms with van der Waals surface area (Å²) in [6.45, 7) is 2.36. The minimum absolute atomic E-state index is 0.137. The molecule has 146 valence electrons. The summed E-state index contributed by atoms with van der Waals surface area (Å²) in [6.07, 6.45) is 1.77. The van der Waals surface area contributed by atoms with Crippen molar-refractivity contribution in [3.05, 3.63) is 57.2 Å². The van der Waals surface area contributed by atoms with Crippen LogP contribution in [-0.4, -0.2) is 36.7 Å². The van der Waals surface area contributed by atoms with Crippen LogP contribution in [0.15, 0.2) is 50.8 Å². The molecule has 0 aliphatic carbocycles. The minimum atomic E-state index is -0.329. The normalized spacial score (nSPS) is 16.9. The molecule has 1 amide bonds. The third-order valence-electron chi connectivity index (χ3n) is 4.05. The van der Waals surface area contributed by atoms with E-state index in [0.29, 0.717) is 33.8 Å². The van der Waals surface area contributed by atoms with Crippen molar-refractivity contribution in [3.63, 3.8) is 0 Å². The molecule has 0 radical (unpaired) electrons. The molecule has 3 rings (SSSR count). The van der Waals surface area contributed by atoms with Gasteiger partial charge in [-0.1, -0.05) is 0 Å². The van der Waals surface area contributed by atoms with Crippen LogP contribution in [0.3, 0.4) is 0 Å². The Morgan fingerprint density at radius 2 is 1.86 bits per heavy atom. The first-order valence-corrected chi connectivity index (χ1v) is 10.0. The summed E-state index contributed by atoms with van der Waals surface area (Å²) in [5.74, 6) is 0.762. The standard InChI is InChI=1S/C20H18BrFN2O3S/c1-4-24-19(25)18(28-20(24)23-14-7-5-13(22)6-8-14)10-12-9-15(21)17(27-3)11-16(12)26-2/h5-11H,4H2,1-3H3/b18-10+,23-20?. The molecule has 1 saturated heterocycles. The summed E-state index contributed by atoms with van der Waals surface area (Å²) in [7, 11) is 3.14. The molecule has 0 unspecified atom stereocenters. The number of nitrogens with zero attached hydrogens (tertiary/aromatic N) is 2. The zero-order chi connectivity index (χ0) is 20.3. The molecule has 0 saturated carbocycles. The Hall–Kier alpha value is -2.32. The number of carbonyl (C=O) groups excluding carboxylic acids is 1. The number of likely N-dealkylation sites (N-methyl/N-ethyl adjacent to an activating group) is 1. The van der Waals surface area contributed by atoms with Crippen LogP contribution in [0.25, 0.3) is 6.08 Å². The van der Waals surface area contributed by atoms with Gasteiger partial charge in [-0.15, -0.1) is 0 Å². The van der Waals surface area contributed by atoms with Crippen LogP contribution in [0.5, 0.6) is 11.5 Å². The molecule has 1 fully saturated rings. The lowest BCUT2D eigenvalue weighted by Crippen LogP contribution is -2.28.